The highest BCUT2D eigenvalue weighted by Crippen LogP contribution is 2.06. The van der Waals surface area contributed by atoms with Crippen LogP contribution in [0.5, 0.6) is 0 Å². The zero-order chi connectivity index (χ0) is 13.8. The van der Waals surface area contributed by atoms with Gasteiger partial charge in [-0.2, -0.15) is 0 Å². The van der Waals surface area contributed by atoms with Gasteiger partial charge in [0.2, 0.25) is 0 Å². The molecule has 3 N–H and O–H groups in total. The van der Waals surface area contributed by atoms with Crippen molar-refractivity contribution in [1.82, 2.24) is 15.3 Å². The van der Waals surface area contributed by atoms with Gasteiger partial charge in [-0.05, 0) is 20.8 Å². The molecule has 1 aromatic heterocycles. The van der Waals surface area contributed by atoms with Crippen LogP contribution in [0.1, 0.15) is 26.3 Å². The van der Waals surface area contributed by atoms with Gasteiger partial charge >= 0.3 is 11.7 Å². The Kier molecular flexibility index (Phi) is 4.43. The van der Waals surface area contributed by atoms with Gasteiger partial charge in [-0.1, -0.05) is 0 Å². The van der Waals surface area contributed by atoms with E-state index < -0.39 is 22.8 Å². The first-order valence-electron chi connectivity index (χ1n) is 5.51. The molecule has 0 aromatic carbocycles. The Morgan fingerprint density at radius 3 is 2.61 bits per heavy atom. The van der Waals surface area contributed by atoms with Crippen molar-refractivity contribution in [2.75, 3.05) is 6.54 Å². The number of esters is 1. The molecule has 0 spiro atoms. The van der Waals surface area contributed by atoms with Gasteiger partial charge < -0.3 is 15.0 Å². The molecule has 7 heteroatoms. The highest BCUT2D eigenvalue weighted by atomic mass is 16.6. The van der Waals surface area contributed by atoms with Gasteiger partial charge in [-0.3, -0.25) is 14.6 Å². The van der Waals surface area contributed by atoms with Gasteiger partial charge in [0.15, 0.2) is 0 Å². The fourth-order valence-electron chi connectivity index (χ4n) is 1.25. The Morgan fingerprint density at radius 1 is 1.39 bits per heavy atom. The van der Waals surface area contributed by atoms with Crippen molar-refractivity contribution in [2.45, 2.75) is 32.9 Å². The monoisotopic (exact) mass is 255 g/mol. The number of carbonyl (C=O) groups is 1. The third kappa shape index (κ3) is 4.96. The molecule has 0 radical (unpaired) electrons. The molecule has 0 atom stereocenters. The summed E-state index contributed by atoms with van der Waals surface area (Å²) in [5.41, 5.74) is -1.22. The quantitative estimate of drug-likeness (QED) is 0.629. The summed E-state index contributed by atoms with van der Waals surface area (Å²) in [6.07, 6.45) is 1.31. The van der Waals surface area contributed by atoms with Crippen LogP contribution in [-0.4, -0.2) is 28.1 Å². The number of rotatable bonds is 4. The molecule has 100 valence electrons. The minimum atomic E-state index is -0.559. The molecule has 0 aliphatic rings. The normalized spacial score (nSPS) is 11.3. The molecule has 0 saturated carbocycles. The van der Waals surface area contributed by atoms with E-state index in [1.165, 1.54) is 6.20 Å². The maximum absolute atomic E-state index is 11.4. The second kappa shape index (κ2) is 5.63. The van der Waals surface area contributed by atoms with E-state index in [9.17, 15) is 14.4 Å². The molecule has 0 saturated heterocycles. The second-order valence-electron chi connectivity index (χ2n) is 4.79. The van der Waals surface area contributed by atoms with Crippen LogP contribution in [-0.2, 0) is 16.1 Å². The number of nitrogens with one attached hydrogen (secondary N) is 3. The average Bonchev–Trinajstić information content (AvgIpc) is 2.18. The Balaban J connectivity index is 2.45. The number of hydrogen-bond acceptors (Lipinski definition) is 5. The second-order valence-corrected chi connectivity index (χ2v) is 4.79. The van der Waals surface area contributed by atoms with Crippen molar-refractivity contribution in [3.8, 4) is 0 Å². The summed E-state index contributed by atoms with van der Waals surface area (Å²) in [7, 11) is 0. The number of aromatic nitrogens is 2. The van der Waals surface area contributed by atoms with Crippen molar-refractivity contribution in [3.63, 3.8) is 0 Å². The lowest BCUT2D eigenvalue weighted by molar-refractivity contribution is -0.153. The summed E-state index contributed by atoms with van der Waals surface area (Å²) in [5, 5.41) is 2.77. The fourth-order valence-corrected chi connectivity index (χ4v) is 1.25. The minimum Gasteiger partial charge on any atom is -0.459 e. The van der Waals surface area contributed by atoms with Crippen LogP contribution in [0.2, 0.25) is 0 Å². The lowest BCUT2D eigenvalue weighted by Crippen LogP contribution is -2.33. The zero-order valence-corrected chi connectivity index (χ0v) is 10.6. The van der Waals surface area contributed by atoms with Crippen LogP contribution in [0, 0.1) is 0 Å². The van der Waals surface area contributed by atoms with Gasteiger partial charge in [0, 0.05) is 18.3 Å². The van der Waals surface area contributed by atoms with E-state index in [1.54, 1.807) is 20.8 Å². The molecule has 0 bridgehead atoms. The Labute approximate surface area is 104 Å². The number of carbonyl (C=O) groups excluding carboxylic acids is 1. The van der Waals surface area contributed by atoms with Gasteiger partial charge in [0.25, 0.3) is 5.56 Å². The third-order valence-corrected chi connectivity index (χ3v) is 1.90. The SMILES string of the molecule is CC(C)(C)OC(=O)CNCc1c[nH]c(=O)[nH]c1=O. The van der Waals surface area contributed by atoms with E-state index >= 15 is 0 Å². The summed E-state index contributed by atoms with van der Waals surface area (Å²) < 4.78 is 5.08. The van der Waals surface area contributed by atoms with Crippen LogP contribution in [0.3, 0.4) is 0 Å². The zero-order valence-electron chi connectivity index (χ0n) is 10.6. The summed E-state index contributed by atoms with van der Waals surface area (Å²) in [6, 6.07) is 0. The van der Waals surface area contributed by atoms with Crippen LogP contribution in [0.4, 0.5) is 0 Å². The molecule has 0 fully saturated rings. The Bertz CT molecular complexity index is 524. The van der Waals surface area contributed by atoms with Crippen LogP contribution < -0.4 is 16.6 Å². The van der Waals surface area contributed by atoms with Crippen LogP contribution in [0.15, 0.2) is 15.8 Å². The molecule has 0 amide bonds. The van der Waals surface area contributed by atoms with E-state index in [2.05, 4.69) is 15.3 Å². The van der Waals surface area contributed by atoms with Crippen molar-refractivity contribution >= 4 is 5.97 Å². The van der Waals surface area contributed by atoms with E-state index in [-0.39, 0.29) is 13.1 Å². The topological polar surface area (TPSA) is 104 Å². The standard InChI is InChI=1S/C11H17N3O4/c1-11(2,3)18-8(15)6-12-4-7-5-13-10(17)14-9(7)16/h5,12H,4,6H2,1-3H3,(H2,13,14,16,17). The summed E-state index contributed by atoms with van der Waals surface area (Å²) in [5.74, 6) is -0.400. The highest BCUT2D eigenvalue weighted by Gasteiger charge is 2.15. The largest absolute Gasteiger partial charge is 0.459 e. The predicted octanol–water partition coefficient (Wildman–Crippen LogP) is -0.505. The van der Waals surface area contributed by atoms with E-state index in [0.29, 0.717) is 5.56 Å². The lowest BCUT2D eigenvalue weighted by atomic mass is 10.2. The Hall–Kier alpha value is -1.89. The number of ether oxygens (including phenoxy) is 1. The molecule has 0 unspecified atom stereocenters. The number of hydrogen-bond donors (Lipinski definition) is 3. The van der Waals surface area contributed by atoms with E-state index in [0.717, 1.165) is 0 Å². The third-order valence-electron chi connectivity index (χ3n) is 1.90. The smallest absolute Gasteiger partial charge is 0.325 e. The van der Waals surface area contributed by atoms with Crippen LogP contribution >= 0.6 is 0 Å². The number of aromatic amines is 2. The Morgan fingerprint density at radius 2 is 2.06 bits per heavy atom. The molecule has 0 aliphatic carbocycles. The maximum atomic E-state index is 11.4. The first-order valence-corrected chi connectivity index (χ1v) is 5.51. The van der Waals surface area contributed by atoms with Crippen molar-refractivity contribution < 1.29 is 9.53 Å². The molecule has 1 rings (SSSR count). The van der Waals surface area contributed by atoms with Crippen molar-refractivity contribution in [2.24, 2.45) is 0 Å². The van der Waals surface area contributed by atoms with Gasteiger partial charge in [0.05, 0.1) is 6.54 Å². The fraction of sp³-hybridized carbons (Fsp3) is 0.545. The molecule has 7 nitrogen and oxygen atoms in total. The summed E-state index contributed by atoms with van der Waals surface area (Å²) in [4.78, 5) is 37.9. The van der Waals surface area contributed by atoms with Crippen molar-refractivity contribution in [1.29, 1.82) is 0 Å². The maximum Gasteiger partial charge on any atom is 0.325 e. The first kappa shape index (κ1) is 14.2. The number of H-pyrrole nitrogens is 2. The van der Waals surface area contributed by atoms with Gasteiger partial charge in [-0.15, -0.1) is 0 Å². The molecule has 18 heavy (non-hydrogen) atoms. The highest BCUT2D eigenvalue weighted by molar-refractivity contribution is 5.72. The summed E-state index contributed by atoms with van der Waals surface area (Å²) >= 11 is 0. The van der Waals surface area contributed by atoms with Crippen LogP contribution in [0.25, 0.3) is 0 Å². The molecule has 0 aliphatic heterocycles. The van der Waals surface area contributed by atoms with Gasteiger partial charge in [0.1, 0.15) is 5.60 Å². The lowest BCUT2D eigenvalue weighted by Gasteiger charge is -2.19. The van der Waals surface area contributed by atoms with Gasteiger partial charge in [-0.25, -0.2) is 4.79 Å². The molecular formula is C11H17N3O4. The molecule has 1 heterocycles. The minimum absolute atomic E-state index is 0.00413. The van der Waals surface area contributed by atoms with E-state index in [4.69, 9.17) is 4.74 Å². The first-order chi connectivity index (χ1) is 8.28. The summed E-state index contributed by atoms with van der Waals surface area (Å²) in [6.45, 7) is 5.49. The molecule has 1 aromatic rings. The predicted molar refractivity (Wildman–Crippen MR) is 65.2 cm³/mol. The molecular weight excluding hydrogens is 238 g/mol. The average molecular weight is 255 g/mol. The van der Waals surface area contributed by atoms with Crippen molar-refractivity contribution in [3.05, 3.63) is 32.6 Å². The van der Waals surface area contributed by atoms with E-state index in [1.807, 2.05) is 0 Å².